The maximum absolute atomic E-state index is 6.05. The molecule has 0 spiro atoms. The van der Waals surface area contributed by atoms with E-state index in [-0.39, 0.29) is 0 Å². The highest BCUT2D eigenvalue weighted by Gasteiger charge is 2.23. The number of hydrogen-bond donors (Lipinski definition) is 1. The molecule has 1 saturated carbocycles. The van der Waals surface area contributed by atoms with Crippen molar-refractivity contribution in [2.24, 2.45) is 11.7 Å². The standard InChI is InChI=1S/C12H16ClN/c13-11-3-1-2-10(6-11)8-12(14)7-9-4-5-9/h1-3,6,9,12H,4-5,7-8,14H2. The Morgan fingerprint density at radius 1 is 1.43 bits per heavy atom. The molecule has 1 unspecified atom stereocenters. The fourth-order valence-corrected chi connectivity index (χ4v) is 2.04. The molecule has 76 valence electrons. The molecule has 1 aliphatic rings. The van der Waals surface area contributed by atoms with Gasteiger partial charge in [0.05, 0.1) is 0 Å². The summed E-state index contributed by atoms with van der Waals surface area (Å²) in [6, 6.07) is 8.30. The number of nitrogens with two attached hydrogens (primary N) is 1. The lowest BCUT2D eigenvalue weighted by Gasteiger charge is -2.10. The van der Waals surface area contributed by atoms with E-state index in [1.807, 2.05) is 18.2 Å². The minimum absolute atomic E-state index is 0.306. The first kappa shape index (κ1) is 10.0. The van der Waals surface area contributed by atoms with Crippen LogP contribution in [0.4, 0.5) is 0 Å². The van der Waals surface area contributed by atoms with Crippen LogP contribution in [0.25, 0.3) is 0 Å². The van der Waals surface area contributed by atoms with Crippen LogP contribution in [-0.2, 0) is 6.42 Å². The van der Waals surface area contributed by atoms with E-state index >= 15 is 0 Å². The average molecular weight is 210 g/mol. The fraction of sp³-hybridized carbons (Fsp3) is 0.500. The van der Waals surface area contributed by atoms with Crippen LogP contribution in [0.15, 0.2) is 24.3 Å². The molecular formula is C12H16ClN. The maximum Gasteiger partial charge on any atom is 0.0408 e. The highest BCUT2D eigenvalue weighted by molar-refractivity contribution is 6.30. The Morgan fingerprint density at radius 3 is 2.86 bits per heavy atom. The molecule has 0 aromatic heterocycles. The normalized spacial score (nSPS) is 18.1. The van der Waals surface area contributed by atoms with Gasteiger partial charge in [0.1, 0.15) is 0 Å². The van der Waals surface area contributed by atoms with Gasteiger partial charge < -0.3 is 5.73 Å². The van der Waals surface area contributed by atoms with Gasteiger partial charge in [-0.1, -0.05) is 36.6 Å². The van der Waals surface area contributed by atoms with E-state index in [1.165, 1.54) is 24.8 Å². The minimum Gasteiger partial charge on any atom is -0.327 e. The molecule has 0 bridgehead atoms. The summed E-state index contributed by atoms with van der Waals surface area (Å²) in [5.41, 5.74) is 7.31. The summed E-state index contributed by atoms with van der Waals surface area (Å²) in [5.74, 6) is 0.907. The van der Waals surface area contributed by atoms with Gasteiger partial charge in [0.25, 0.3) is 0 Å². The first-order valence-corrected chi connectivity index (χ1v) is 5.62. The minimum atomic E-state index is 0.306. The Morgan fingerprint density at radius 2 is 2.21 bits per heavy atom. The van der Waals surface area contributed by atoms with E-state index < -0.39 is 0 Å². The van der Waals surface area contributed by atoms with Gasteiger partial charge in [0, 0.05) is 11.1 Å². The quantitative estimate of drug-likeness (QED) is 0.811. The van der Waals surface area contributed by atoms with Crippen LogP contribution in [0.1, 0.15) is 24.8 Å². The van der Waals surface area contributed by atoms with Crippen molar-refractivity contribution in [1.29, 1.82) is 0 Å². The SMILES string of the molecule is NC(Cc1cccc(Cl)c1)CC1CC1. The van der Waals surface area contributed by atoms with Gasteiger partial charge in [0.15, 0.2) is 0 Å². The molecular weight excluding hydrogens is 194 g/mol. The van der Waals surface area contributed by atoms with E-state index in [2.05, 4.69) is 6.07 Å². The van der Waals surface area contributed by atoms with Crippen LogP contribution in [-0.4, -0.2) is 6.04 Å². The molecule has 0 saturated heterocycles. The van der Waals surface area contributed by atoms with E-state index in [4.69, 9.17) is 17.3 Å². The molecule has 0 aliphatic heterocycles. The lowest BCUT2D eigenvalue weighted by atomic mass is 10.0. The van der Waals surface area contributed by atoms with Crippen molar-refractivity contribution < 1.29 is 0 Å². The van der Waals surface area contributed by atoms with Crippen LogP contribution in [0.5, 0.6) is 0 Å². The van der Waals surface area contributed by atoms with E-state index in [0.29, 0.717) is 6.04 Å². The van der Waals surface area contributed by atoms with Crippen LogP contribution < -0.4 is 5.73 Å². The van der Waals surface area contributed by atoms with Crippen LogP contribution in [0.3, 0.4) is 0 Å². The first-order valence-electron chi connectivity index (χ1n) is 5.24. The van der Waals surface area contributed by atoms with Crippen LogP contribution in [0, 0.1) is 5.92 Å². The average Bonchev–Trinajstić information content (AvgIpc) is 2.87. The number of benzene rings is 1. The maximum atomic E-state index is 6.05. The second kappa shape index (κ2) is 4.33. The Bertz CT molecular complexity index is 307. The zero-order chi connectivity index (χ0) is 9.97. The van der Waals surface area contributed by atoms with E-state index in [0.717, 1.165) is 17.4 Å². The predicted molar refractivity (Wildman–Crippen MR) is 60.5 cm³/mol. The lowest BCUT2D eigenvalue weighted by molar-refractivity contribution is 0.566. The zero-order valence-corrected chi connectivity index (χ0v) is 9.00. The van der Waals surface area contributed by atoms with Crippen molar-refractivity contribution in [3.8, 4) is 0 Å². The first-order chi connectivity index (χ1) is 6.74. The van der Waals surface area contributed by atoms with E-state index in [1.54, 1.807) is 0 Å². The van der Waals surface area contributed by atoms with Crippen molar-refractivity contribution in [2.75, 3.05) is 0 Å². The van der Waals surface area contributed by atoms with Gasteiger partial charge in [0.2, 0.25) is 0 Å². The van der Waals surface area contributed by atoms with Gasteiger partial charge in [-0.15, -0.1) is 0 Å². The summed E-state index contributed by atoms with van der Waals surface area (Å²) in [6.45, 7) is 0. The topological polar surface area (TPSA) is 26.0 Å². The van der Waals surface area contributed by atoms with E-state index in [9.17, 15) is 0 Å². The van der Waals surface area contributed by atoms with Gasteiger partial charge in [-0.3, -0.25) is 0 Å². The number of hydrogen-bond acceptors (Lipinski definition) is 1. The summed E-state index contributed by atoms with van der Waals surface area (Å²) in [4.78, 5) is 0. The molecule has 1 aliphatic carbocycles. The van der Waals surface area contributed by atoms with Crippen molar-refractivity contribution in [1.82, 2.24) is 0 Å². The molecule has 2 rings (SSSR count). The molecule has 0 heterocycles. The third kappa shape index (κ3) is 3.00. The summed E-state index contributed by atoms with van der Waals surface area (Å²) < 4.78 is 0. The summed E-state index contributed by atoms with van der Waals surface area (Å²) in [7, 11) is 0. The highest BCUT2D eigenvalue weighted by atomic mass is 35.5. The summed E-state index contributed by atoms with van der Waals surface area (Å²) >= 11 is 5.91. The zero-order valence-electron chi connectivity index (χ0n) is 8.25. The van der Waals surface area contributed by atoms with Crippen molar-refractivity contribution >= 4 is 11.6 Å². The Kier molecular flexibility index (Phi) is 3.09. The van der Waals surface area contributed by atoms with Crippen LogP contribution >= 0.6 is 11.6 Å². The molecule has 1 nitrogen and oxygen atoms in total. The molecule has 2 heteroatoms. The molecule has 1 atom stereocenters. The Labute approximate surface area is 90.3 Å². The van der Waals surface area contributed by atoms with Gasteiger partial charge >= 0.3 is 0 Å². The van der Waals surface area contributed by atoms with Crippen molar-refractivity contribution in [3.05, 3.63) is 34.9 Å². The fourth-order valence-electron chi connectivity index (χ4n) is 1.83. The molecule has 0 amide bonds. The molecule has 0 radical (unpaired) electrons. The monoisotopic (exact) mass is 209 g/mol. The molecule has 1 aromatic rings. The molecule has 14 heavy (non-hydrogen) atoms. The van der Waals surface area contributed by atoms with Gasteiger partial charge in [-0.05, 0) is 36.5 Å². The second-order valence-corrected chi connectivity index (χ2v) is 4.71. The number of halogens is 1. The lowest BCUT2D eigenvalue weighted by Crippen LogP contribution is -2.23. The third-order valence-corrected chi connectivity index (χ3v) is 2.96. The van der Waals surface area contributed by atoms with Gasteiger partial charge in [-0.25, -0.2) is 0 Å². The van der Waals surface area contributed by atoms with Crippen LogP contribution in [0.2, 0.25) is 5.02 Å². The Hall–Kier alpha value is -0.530. The molecule has 1 aromatic carbocycles. The van der Waals surface area contributed by atoms with Crippen molar-refractivity contribution in [3.63, 3.8) is 0 Å². The Balaban J connectivity index is 1.88. The van der Waals surface area contributed by atoms with Crippen molar-refractivity contribution in [2.45, 2.75) is 31.7 Å². The smallest absolute Gasteiger partial charge is 0.0408 e. The summed E-state index contributed by atoms with van der Waals surface area (Å²) in [5, 5.41) is 0.807. The third-order valence-electron chi connectivity index (χ3n) is 2.72. The highest BCUT2D eigenvalue weighted by Crippen LogP contribution is 2.33. The largest absolute Gasteiger partial charge is 0.327 e. The predicted octanol–water partition coefficient (Wildman–Crippen LogP) is 3.01. The number of rotatable bonds is 4. The molecule has 2 N–H and O–H groups in total. The second-order valence-electron chi connectivity index (χ2n) is 4.27. The molecule has 1 fully saturated rings. The van der Waals surface area contributed by atoms with Gasteiger partial charge in [-0.2, -0.15) is 0 Å². The summed E-state index contributed by atoms with van der Waals surface area (Å²) in [6.07, 6.45) is 4.88.